The van der Waals surface area contributed by atoms with Gasteiger partial charge in [0.2, 0.25) is 0 Å². The first kappa shape index (κ1) is 16.9. The maximum absolute atomic E-state index is 13.1. The van der Waals surface area contributed by atoms with Crippen LogP contribution in [0.25, 0.3) is 22.6 Å². The van der Waals surface area contributed by atoms with Gasteiger partial charge in [0.25, 0.3) is 0 Å². The number of methoxy groups -OCH3 is 1. The van der Waals surface area contributed by atoms with E-state index in [9.17, 15) is 26.3 Å². The van der Waals surface area contributed by atoms with E-state index in [4.69, 9.17) is 0 Å². The van der Waals surface area contributed by atoms with Crippen LogP contribution < -0.4 is 4.74 Å². The fourth-order valence-electron chi connectivity index (χ4n) is 2.01. The number of aromatic amines is 1. The van der Waals surface area contributed by atoms with E-state index in [2.05, 4.69) is 29.7 Å². The van der Waals surface area contributed by atoms with Crippen LogP contribution in [-0.2, 0) is 12.4 Å². The van der Waals surface area contributed by atoms with E-state index in [1.165, 1.54) is 0 Å². The van der Waals surface area contributed by atoms with Crippen molar-refractivity contribution >= 4 is 11.2 Å². The van der Waals surface area contributed by atoms with Gasteiger partial charge in [0.15, 0.2) is 11.3 Å². The summed E-state index contributed by atoms with van der Waals surface area (Å²) in [5, 5.41) is 0. The number of nitrogens with zero attached hydrogens (tertiary/aromatic N) is 4. The fraction of sp³-hybridized carbons (Fsp3) is 0.231. The van der Waals surface area contributed by atoms with Gasteiger partial charge in [-0.3, -0.25) is 4.98 Å². The zero-order chi connectivity index (χ0) is 18.4. The number of hydrogen-bond acceptors (Lipinski definition) is 5. The second kappa shape index (κ2) is 5.57. The molecule has 0 aliphatic heterocycles. The highest BCUT2D eigenvalue weighted by Crippen LogP contribution is 2.34. The Balaban J connectivity index is 2.12. The molecule has 132 valence electrons. The average Bonchev–Trinajstić information content (AvgIpc) is 2.96. The predicted molar refractivity (Wildman–Crippen MR) is 71.5 cm³/mol. The molecule has 0 atom stereocenters. The minimum atomic E-state index is -4.81. The monoisotopic (exact) mass is 363 g/mol. The number of imidazole rings is 1. The molecule has 25 heavy (non-hydrogen) atoms. The third kappa shape index (κ3) is 3.19. The smallest absolute Gasteiger partial charge is 0.435 e. The van der Waals surface area contributed by atoms with Gasteiger partial charge < -0.3 is 9.72 Å². The number of ether oxygens (including phenoxy) is 1. The molecule has 12 heteroatoms. The van der Waals surface area contributed by atoms with Crippen LogP contribution in [0.5, 0.6) is 6.01 Å². The summed E-state index contributed by atoms with van der Waals surface area (Å²) in [6, 6.07) is 1.19. The van der Waals surface area contributed by atoms with Crippen molar-refractivity contribution in [2.75, 3.05) is 7.11 Å². The molecule has 0 aliphatic carbocycles. The van der Waals surface area contributed by atoms with Crippen molar-refractivity contribution < 1.29 is 31.1 Å². The summed E-state index contributed by atoms with van der Waals surface area (Å²) in [4.78, 5) is 16.4. The van der Waals surface area contributed by atoms with Gasteiger partial charge in [0.05, 0.1) is 7.11 Å². The van der Waals surface area contributed by atoms with Crippen LogP contribution in [0.2, 0.25) is 0 Å². The summed E-state index contributed by atoms with van der Waals surface area (Å²) in [7, 11) is 1.09. The number of pyridine rings is 1. The molecular formula is C13H7F6N5O. The number of hydrogen-bond donors (Lipinski definition) is 1. The van der Waals surface area contributed by atoms with Gasteiger partial charge in [-0.05, 0) is 12.1 Å². The Morgan fingerprint density at radius 3 is 2.20 bits per heavy atom. The maximum atomic E-state index is 13.1. The van der Waals surface area contributed by atoms with Gasteiger partial charge in [0, 0.05) is 11.8 Å². The lowest BCUT2D eigenvalue weighted by atomic mass is 10.2. The molecule has 0 aromatic carbocycles. The summed E-state index contributed by atoms with van der Waals surface area (Å²) >= 11 is 0. The first-order valence-electron chi connectivity index (χ1n) is 6.52. The van der Waals surface area contributed by atoms with E-state index in [0.717, 1.165) is 19.4 Å². The molecule has 6 nitrogen and oxygen atoms in total. The van der Waals surface area contributed by atoms with Crippen LogP contribution in [0, 0.1) is 0 Å². The Morgan fingerprint density at radius 1 is 0.960 bits per heavy atom. The lowest BCUT2D eigenvalue weighted by Gasteiger charge is -2.07. The Kier molecular flexibility index (Phi) is 3.77. The van der Waals surface area contributed by atoms with Crippen molar-refractivity contribution in [1.29, 1.82) is 0 Å². The van der Waals surface area contributed by atoms with E-state index in [0.29, 0.717) is 6.07 Å². The average molecular weight is 363 g/mol. The van der Waals surface area contributed by atoms with Gasteiger partial charge in [-0.2, -0.15) is 36.3 Å². The van der Waals surface area contributed by atoms with Crippen molar-refractivity contribution in [1.82, 2.24) is 24.9 Å². The number of aromatic nitrogens is 5. The lowest BCUT2D eigenvalue weighted by Crippen LogP contribution is -2.10. The first-order valence-corrected chi connectivity index (χ1v) is 6.52. The summed E-state index contributed by atoms with van der Waals surface area (Å²) in [6.07, 6.45) is -8.59. The van der Waals surface area contributed by atoms with Crippen molar-refractivity contribution in [2.24, 2.45) is 0 Å². The van der Waals surface area contributed by atoms with Crippen LogP contribution >= 0.6 is 0 Å². The van der Waals surface area contributed by atoms with Crippen LogP contribution in [0.3, 0.4) is 0 Å². The quantitative estimate of drug-likeness (QED) is 0.706. The number of halogens is 6. The van der Waals surface area contributed by atoms with Crippen LogP contribution in [0.1, 0.15) is 11.4 Å². The second-order valence-electron chi connectivity index (χ2n) is 4.77. The number of H-pyrrole nitrogens is 1. The molecule has 0 saturated heterocycles. The van der Waals surface area contributed by atoms with E-state index >= 15 is 0 Å². The van der Waals surface area contributed by atoms with E-state index in [-0.39, 0.29) is 17.0 Å². The Labute approximate surface area is 134 Å². The van der Waals surface area contributed by atoms with Gasteiger partial charge >= 0.3 is 18.4 Å². The third-order valence-electron chi connectivity index (χ3n) is 3.11. The molecule has 3 rings (SSSR count). The molecule has 0 fully saturated rings. The van der Waals surface area contributed by atoms with E-state index < -0.39 is 35.3 Å². The molecule has 0 spiro atoms. The second-order valence-corrected chi connectivity index (χ2v) is 4.77. The molecule has 3 aromatic rings. The topological polar surface area (TPSA) is 76.6 Å². The standard InChI is InChI=1S/C13H7F6N5O/c1-25-11-22-8(13(17,18)19)7-10(24-11)23-9(21-7)5-2-3-6(20-4-5)12(14,15)16/h2-4H,1H3,(H,21,22,23,24). The zero-order valence-electron chi connectivity index (χ0n) is 12.2. The molecule has 0 amide bonds. The normalized spacial score (nSPS) is 12.6. The van der Waals surface area contributed by atoms with Crippen molar-refractivity contribution in [2.45, 2.75) is 12.4 Å². The Morgan fingerprint density at radius 2 is 1.68 bits per heavy atom. The third-order valence-corrected chi connectivity index (χ3v) is 3.11. The fourth-order valence-corrected chi connectivity index (χ4v) is 2.01. The van der Waals surface area contributed by atoms with E-state index in [1.807, 2.05) is 0 Å². The molecule has 0 aliphatic rings. The predicted octanol–water partition coefficient (Wildman–Crippen LogP) is 3.46. The molecule has 0 bridgehead atoms. The van der Waals surface area contributed by atoms with E-state index in [1.54, 1.807) is 0 Å². The van der Waals surface area contributed by atoms with Gasteiger partial charge in [-0.25, -0.2) is 4.98 Å². The summed E-state index contributed by atoms with van der Waals surface area (Å²) in [5.74, 6) is -0.135. The van der Waals surface area contributed by atoms with Gasteiger partial charge in [-0.1, -0.05) is 0 Å². The van der Waals surface area contributed by atoms with Crippen molar-refractivity contribution in [3.8, 4) is 17.4 Å². The molecule has 3 heterocycles. The number of fused-ring (bicyclic) bond motifs is 1. The van der Waals surface area contributed by atoms with Gasteiger partial charge in [0.1, 0.15) is 17.0 Å². The minimum Gasteiger partial charge on any atom is -0.467 e. The minimum absolute atomic E-state index is 0.0538. The first-order chi connectivity index (χ1) is 11.6. The molecular weight excluding hydrogens is 356 g/mol. The Bertz CT molecular complexity index is 916. The lowest BCUT2D eigenvalue weighted by molar-refractivity contribution is -0.141. The number of nitrogens with one attached hydrogen (secondary N) is 1. The van der Waals surface area contributed by atoms with Crippen LogP contribution in [0.15, 0.2) is 18.3 Å². The highest BCUT2D eigenvalue weighted by atomic mass is 19.4. The van der Waals surface area contributed by atoms with Crippen molar-refractivity contribution in [3.63, 3.8) is 0 Å². The summed E-state index contributed by atoms with van der Waals surface area (Å²) in [5.41, 5.74) is -3.23. The summed E-state index contributed by atoms with van der Waals surface area (Å²) < 4.78 is 81.5. The highest BCUT2D eigenvalue weighted by Gasteiger charge is 2.37. The highest BCUT2D eigenvalue weighted by molar-refractivity contribution is 5.78. The molecule has 0 unspecified atom stereocenters. The molecule has 0 radical (unpaired) electrons. The van der Waals surface area contributed by atoms with Crippen molar-refractivity contribution in [3.05, 3.63) is 29.7 Å². The van der Waals surface area contributed by atoms with Crippen LogP contribution in [-0.4, -0.2) is 32.0 Å². The molecule has 1 N–H and O–H groups in total. The maximum Gasteiger partial charge on any atom is 0.435 e. The number of rotatable bonds is 2. The van der Waals surface area contributed by atoms with Gasteiger partial charge in [-0.15, -0.1) is 0 Å². The largest absolute Gasteiger partial charge is 0.467 e. The molecule has 0 saturated carbocycles. The number of alkyl halides is 6. The summed E-state index contributed by atoms with van der Waals surface area (Å²) in [6.45, 7) is 0. The SMILES string of the molecule is COc1nc(C(F)(F)F)c2[nH]c(-c3ccc(C(F)(F)F)nc3)nc2n1. The zero-order valence-corrected chi connectivity index (χ0v) is 12.2. The Hall–Kier alpha value is -2.92. The van der Waals surface area contributed by atoms with Crippen LogP contribution in [0.4, 0.5) is 26.3 Å². The molecule has 3 aromatic heterocycles.